The van der Waals surface area contributed by atoms with Crippen LogP contribution in [0.15, 0.2) is 5.38 Å². The molecule has 1 saturated heterocycles. The molecule has 78 valence electrons. The molecule has 4 nitrogen and oxygen atoms in total. The second kappa shape index (κ2) is 4.25. The first-order chi connectivity index (χ1) is 6.81. The Morgan fingerprint density at radius 2 is 2.64 bits per heavy atom. The molecule has 0 aromatic carbocycles. The number of nitrogens with two attached hydrogens (primary N) is 1. The second-order valence-corrected chi connectivity index (χ2v) is 4.27. The van der Waals surface area contributed by atoms with Gasteiger partial charge in [-0.15, -0.1) is 11.3 Å². The van der Waals surface area contributed by atoms with Crippen LogP contribution < -0.4 is 10.6 Å². The molecule has 1 aromatic rings. The first-order valence-electron chi connectivity index (χ1n) is 4.78. The van der Waals surface area contributed by atoms with E-state index >= 15 is 0 Å². The van der Waals surface area contributed by atoms with E-state index in [2.05, 4.69) is 15.3 Å². The van der Waals surface area contributed by atoms with Crippen LogP contribution >= 0.6 is 11.3 Å². The van der Waals surface area contributed by atoms with Gasteiger partial charge in [-0.1, -0.05) is 0 Å². The van der Waals surface area contributed by atoms with E-state index in [9.17, 15) is 0 Å². The molecule has 0 saturated carbocycles. The number of hydrogen-bond donors (Lipinski definition) is 1. The maximum atomic E-state index is 5.69. The molecule has 1 aromatic heterocycles. The van der Waals surface area contributed by atoms with Gasteiger partial charge in [0.1, 0.15) is 0 Å². The third kappa shape index (κ3) is 1.89. The van der Waals surface area contributed by atoms with Crippen molar-refractivity contribution >= 4 is 16.5 Å². The number of aromatic nitrogens is 1. The van der Waals surface area contributed by atoms with Crippen LogP contribution in [0.1, 0.15) is 5.69 Å². The summed E-state index contributed by atoms with van der Waals surface area (Å²) in [7, 11) is 0. The molecular weight excluding hydrogens is 198 g/mol. The molecule has 1 atom stereocenters. The summed E-state index contributed by atoms with van der Waals surface area (Å²) in [5, 5.41) is 3.14. The van der Waals surface area contributed by atoms with Crippen molar-refractivity contribution < 1.29 is 4.74 Å². The zero-order valence-electron chi connectivity index (χ0n) is 8.27. The van der Waals surface area contributed by atoms with E-state index in [1.807, 2.05) is 6.92 Å². The second-order valence-electron chi connectivity index (χ2n) is 3.43. The Morgan fingerprint density at radius 3 is 3.29 bits per heavy atom. The summed E-state index contributed by atoms with van der Waals surface area (Å²) in [4.78, 5) is 6.72. The number of nitrogens with zero attached hydrogens (tertiary/aromatic N) is 2. The average Bonchev–Trinajstić information content (AvgIpc) is 2.65. The van der Waals surface area contributed by atoms with E-state index < -0.39 is 0 Å². The number of ether oxygens (including phenoxy) is 1. The van der Waals surface area contributed by atoms with E-state index in [-0.39, 0.29) is 6.04 Å². The lowest BCUT2D eigenvalue weighted by atomic mass is 10.2. The van der Waals surface area contributed by atoms with Gasteiger partial charge >= 0.3 is 0 Å². The fraction of sp³-hybridized carbons (Fsp3) is 0.667. The Morgan fingerprint density at radius 1 is 1.79 bits per heavy atom. The number of hydrogen-bond acceptors (Lipinski definition) is 5. The minimum Gasteiger partial charge on any atom is -0.377 e. The molecule has 0 aliphatic carbocycles. The van der Waals surface area contributed by atoms with E-state index in [1.165, 1.54) is 0 Å². The van der Waals surface area contributed by atoms with Crippen molar-refractivity contribution in [2.75, 3.05) is 31.2 Å². The first kappa shape index (κ1) is 9.89. The third-order valence-corrected chi connectivity index (χ3v) is 3.35. The summed E-state index contributed by atoms with van der Waals surface area (Å²) < 4.78 is 5.39. The molecule has 1 aliphatic rings. The highest BCUT2D eigenvalue weighted by molar-refractivity contribution is 7.13. The Kier molecular flexibility index (Phi) is 3.00. The molecule has 0 bridgehead atoms. The zero-order chi connectivity index (χ0) is 9.97. The lowest BCUT2D eigenvalue weighted by Gasteiger charge is -2.34. The smallest absolute Gasteiger partial charge is 0.185 e. The van der Waals surface area contributed by atoms with E-state index in [0.29, 0.717) is 6.54 Å². The van der Waals surface area contributed by atoms with Crippen LogP contribution in [-0.4, -0.2) is 37.3 Å². The van der Waals surface area contributed by atoms with Crippen molar-refractivity contribution in [3.05, 3.63) is 11.1 Å². The quantitative estimate of drug-likeness (QED) is 0.782. The zero-order valence-corrected chi connectivity index (χ0v) is 9.09. The summed E-state index contributed by atoms with van der Waals surface area (Å²) >= 11 is 1.68. The van der Waals surface area contributed by atoms with Crippen LogP contribution in [0.4, 0.5) is 5.13 Å². The topological polar surface area (TPSA) is 51.4 Å². The SMILES string of the molecule is Cc1csc(N2CCOCC2CN)n1. The van der Waals surface area contributed by atoms with Gasteiger partial charge in [0.05, 0.1) is 24.9 Å². The van der Waals surface area contributed by atoms with Crippen LogP contribution in [0.5, 0.6) is 0 Å². The minimum absolute atomic E-state index is 0.286. The third-order valence-electron chi connectivity index (χ3n) is 2.35. The highest BCUT2D eigenvalue weighted by atomic mass is 32.1. The standard InChI is InChI=1S/C9H15N3OS/c1-7-6-14-9(11-7)12-2-3-13-5-8(12)4-10/h6,8H,2-5,10H2,1H3. The molecule has 0 spiro atoms. The molecule has 1 unspecified atom stereocenters. The van der Waals surface area contributed by atoms with E-state index in [0.717, 1.165) is 30.6 Å². The van der Waals surface area contributed by atoms with Gasteiger partial charge in [-0.2, -0.15) is 0 Å². The van der Waals surface area contributed by atoms with Gasteiger partial charge in [-0.05, 0) is 6.92 Å². The van der Waals surface area contributed by atoms with E-state index in [4.69, 9.17) is 10.5 Å². The fourth-order valence-electron chi connectivity index (χ4n) is 1.58. The van der Waals surface area contributed by atoms with Crippen molar-refractivity contribution in [1.29, 1.82) is 0 Å². The molecule has 1 fully saturated rings. The van der Waals surface area contributed by atoms with Crippen molar-refractivity contribution in [2.45, 2.75) is 13.0 Å². The Balaban J connectivity index is 2.14. The molecule has 0 amide bonds. The lowest BCUT2D eigenvalue weighted by molar-refractivity contribution is 0.0962. The lowest BCUT2D eigenvalue weighted by Crippen LogP contribution is -2.49. The fourth-order valence-corrected chi connectivity index (χ4v) is 2.48. The van der Waals surface area contributed by atoms with Crippen LogP contribution in [-0.2, 0) is 4.74 Å². The number of anilines is 1. The Hall–Kier alpha value is -0.650. The van der Waals surface area contributed by atoms with Crippen LogP contribution in [0.2, 0.25) is 0 Å². The van der Waals surface area contributed by atoms with Crippen molar-refractivity contribution in [3.8, 4) is 0 Å². The summed E-state index contributed by atoms with van der Waals surface area (Å²) in [5.41, 5.74) is 6.77. The Labute approximate surface area is 87.7 Å². The maximum absolute atomic E-state index is 5.69. The summed E-state index contributed by atoms with van der Waals surface area (Å²) in [6, 6.07) is 0.286. The Bertz CT molecular complexity index is 302. The molecule has 2 rings (SSSR count). The number of morpholine rings is 1. The molecule has 1 aliphatic heterocycles. The van der Waals surface area contributed by atoms with Crippen molar-refractivity contribution in [2.24, 2.45) is 5.73 Å². The molecule has 2 N–H and O–H groups in total. The predicted octanol–water partition coefficient (Wildman–Crippen LogP) is 0.615. The largest absolute Gasteiger partial charge is 0.377 e. The summed E-state index contributed by atoms with van der Waals surface area (Å²) in [5.74, 6) is 0. The van der Waals surface area contributed by atoms with Crippen LogP contribution in [0.3, 0.4) is 0 Å². The maximum Gasteiger partial charge on any atom is 0.185 e. The van der Waals surface area contributed by atoms with Gasteiger partial charge in [-0.25, -0.2) is 4.98 Å². The molecular formula is C9H15N3OS. The van der Waals surface area contributed by atoms with Gasteiger partial charge < -0.3 is 15.4 Å². The molecule has 2 heterocycles. The van der Waals surface area contributed by atoms with Crippen molar-refractivity contribution in [3.63, 3.8) is 0 Å². The minimum atomic E-state index is 0.286. The predicted molar refractivity (Wildman–Crippen MR) is 57.9 cm³/mol. The molecule has 0 radical (unpaired) electrons. The average molecular weight is 213 g/mol. The van der Waals surface area contributed by atoms with Gasteiger partial charge in [0, 0.05) is 18.5 Å². The number of rotatable bonds is 2. The monoisotopic (exact) mass is 213 g/mol. The van der Waals surface area contributed by atoms with Gasteiger partial charge in [0.25, 0.3) is 0 Å². The summed E-state index contributed by atoms with van der Waals surface area (Å²) in [6.07, 6.45) is 0. The van der Waals surface area contributed by atoms with Gasteiger partial charge in [0.15, 0.2) is 5.13 Å². The summed E-state index contributed by atoms with van der Waals surface area (Å²) in [6.45, 7) is 5.02. The molecule has 14 heavy (non-hydrogen) atoms. The van der Waals surface area contributed by atoms with Crippen LogP contribution in [0, 0.1) is 6.92 Å². The van der Waals surface area contributed by atoms with Crippen LogP contribution in [0.25, 0.3) is 0 Å². The van der Waals surface area contributed by atoms with E-state index in [1.54, 1.807) is 11.3 Å². The van der Waals surface area contributed by atoms with Gasteiger partial charge in [-0.3, -0.25) is 0 Å². The molecule has 5 heteroatoms. The highest BCUT2D eigenvalue weighted by Gasteiger charge is 2.23. The highest BCUT2D eigenvalue weighted by Crippen LogP contribution is 2.23. The first-order valence-corrected chi connectivity index (χ1v) is 5.66. The normalized spacial score (nSPS) is 22.7. The number of aryl methyl sites for hydroxylation is 1. The number of thiazole rings is 1. The van der Waals surface area contributed by atoms with Gasteiger partial charge in [0.2, 0.25) is 0 Å². The van der Waals surface area contributed by atoms with Crippen molar-refractivity contribution in [1.82, 2.24) is 4.98 Å².